The summed E-state index contributed by atoms with van der Waals surface area (Å²) in [4.78, 5) is 14.2. The van der Waals surface area contributed by atoms with Crippen LogP contribution in [0.5, 0.6) is 0 Å². The quantitative estimate of drug-likeness (QED) is 0.754. The van der Waals surface area contributed by atoms with Gasteiger partial charge in [0.2, 0.25) is 0 Å². The summed E-state index contributed by atoms with van der Waals surface area (Å²) in [5.74, 6) is 0. The summed E-state index contributed by atoms with van der Waals surface area (Å²) >= 11 is 0. The van der Waals surface area contributed by atoms with Crippen LogP contribution in [0.3, 0.4) is 0 Å². The van der Waals surface area contributed by atoms with Gasteiger partial charge in [0.25, 0.3) is 6.43 Å². The van der Waals surface area contributed by atoms with Crippen LogP contribution in [-0.2, 0) is 6.54 Å². The molecule has 0 atom stereocenters. The molecule has 1 rings (SSSR count). The van der Waals surface area contributed by atoms with Gasteiger partial charge in [-0.15, -0.1) is 0 Å². The SMILES string of the molecule is Cc1cc(C(F)F)c(CN)nc1C=O. The minimum Gasteiger partial charge on any atom is -0.325 e. The lowest BCUT2D eigenvalue weighted by Crippen LogP contribution is -2.08. The van der Waals surface area contributed by atoms with Crippen LogP contribution in [0.25, 0.3) is 0 Å². The fourth-order valence-electron chi connectivity index (χ4n) is 1.16. The number of halogens is 2. The zero-order valence-corrected chi connectivity index (χ0v) is 7.63. The highest BCUT2D eigenvalue weighted by atomic mass is 19.3. The molecule has 0 aliphatic rings. The molecule has 0 radical (unpaired) electrons. The molecule has 76 valence electrons. The van der Waals surface area contributed by atoms with E-state index in [1.807, 2.05) is 0 Å². The fourth-order valence-corrected chi connectivity index (χ4v) is 1.16. The molecule has 0 fully saturated rings. The fraction of sp³-hybridized carbons (Fsp3) is 0.333. The molecule has 3 nitrogen and oxygen atoms in total. The number of nitrogens with two attached hydrogens (primary N) is 1. The summed E-state index contributed by atoms with van der Waals surface area (Å²) in [6, 6.07) is 1.25. The number of aromatic nitrogens is 1. The van der Waals surface area contributed by atoms with Crippen molar-refractivity contribution in [3.05, 3.63) is 28.6 Å². The van der Waals surface area contributed by atoms with Gasteiger partial charge >= 0.3 is 0 Å². The molecule has 0 aliphatic heterocycles. The van der Waals surface area contributed by atoms with Crippen molar-refractivity contribution in [2.75, 3.05) is 0 Å². The van der Waals surface area contributed by atoms with Gasteiger partial charge in [-0.25, -0.2) is 13.8 Å². The number of alkyl halides is 2. The molecule has 0 saturated heterocycles. The van der Waals surface area contributed by atoms with E-state index in [1.54, 1.807) is 6.92 Å². The first-order chi connectivity index (χ1) is 6.60. The second-order valence-corrected chi connectivity index (χ2v) is 2.85. The summed E-state index contributed by atoms with van der Waals surface area (Å²) in [6.45, 7) is 1.46. The Morgan fingerprint density at radius 3 is 2.71 bits per heavy atom. The zero-order valence-electron chi connectivity index (χ0n) is 7.63. The molecule has 0 unspecified atom stereocenters. The topological polar surface area (TPSA) is 56.0 Å². The molecular weight excluding hydrogens is 190 g/mol. The van der Waals surface area contributed by atoms with Crippen molar-refractivity contribution in [3.63, 3.8) is 0 Å². The molecule has 14 heavy (non-hydrogen) atoms. The van der Waals surface area contributed by atoms with E-state index in [0.29, 0.717) is 11.8 Å². The van der Waals surface area contributed by atoms with Crippen LogP contribution in [0.15, 0.2) is 6.07 Å². The first kappa shape index (κ1) is 10.7. The maximum atomic E-state index is 12.4. The third kappa shape index (κ3) is 1.93. The van der Waals surface area contributed by atoms with Crippen molar-refractivity contribution >= 4 is 6.29 Å². The average Bonchev–Trinajstić information content (AvgIpc) is 2.17. The Hall–Kier alpha value is -1.36. The molecule has 1 aromatic heterocycles. The van der Waals surface area contributed by atoms with E-state index in [-0.39, 0.29) is 23.5 Å². The van der Waals surface area contributed by atoms with E-state index < -0.39 is 6.43 Å². The number of pyridine rings is 1. The number of carbonyl (C=O) groups excluding carboxylic acids is 1. The molecule has 5 heteroatoms. The Kier molecular flexibility index (Phi) is 3.24. The minimum absolute atomic E-state index is 0.0766. The van der Waals surface area contributed by atoms with Crippen LogP contribution >= 0.6 is 0 Å². The molecule has 1 aromatic rings. The number of nitrogens with zero attached hydrogens (tertiary/aromatic N) is 1. The number of carbonyl (C=O) groups is 1. The lowest BCUT2D eigenvalue weighted by molar-refractivity contribution is 0.111. The van der Waals surface area contributed by atoms with Gasteiger partial charge in [0.1, 0.15) is 5.69 Å². The summed E-state index contributed by atoms with van der Waals surface area (Å²) in [5, 5.41) is 0. The normalized spacial score (nSPS) is 10.6. The van der Waals surface area contributed by atoms with Crippen molar-refractivity contribution in [1.82, 2.24) is 4.98 Å². The highest BCUT2D eigenvalue weighted by Gasteiger charge is 2.15. The standard InChI is InChI=1S/C9H10F2N2O/c1-5-2-6(9(10)11)7(3-12)13-8(5)4-14/h2,4,9H,3,12H2,1H3. The predicted molar refractivity (Wildman–Crippen MR) is 47.2 cm³/mol. The Balaban J connectivity index is 3.31. The van der Waals surface area contributed by atoms with Gasteiger partial charge in [-0.3, -0.25) is 4.79 Å². The molecule has 1 heterocycles. The zero-order chi connectivity index (χ0) is 10.7. The number of rotatable bonds is 3. The first-order valence-electron chi connectivity index (χ1n) is 4.04. The Morgan fingerprint density at radius 1 is 1.64 bits per heavy atom. The van der Waals surface area contributed by atoms with E-state index in [2.05, 4.69) is 4.98 Å². The summed E-state index contributed by atoms with van der Waals surface area (Å²) < 4.78 is 24.9. The van der Waals surface area contributed by atoms with Crippen LogP contribution in [0.1, 0.15) is 33.7 Å². The van der Waals surface area contributed by atoms with Crippen LogP contribution in [0, 0.1) is 6.92 Å². The maximum absolute atomic E-state index is 12.4. The van der Waals surface area contributed by atoms with Gasteiger partial charge in [0.05, 0.1) is 5.69 Å². The van der Waals surface area contributed by atoms with Crippen molar-refractivity contribution in [1.29, 1.82) is 0 Å². The summed E-state index contributed by atoms with van der Waals surface area (Å²) in [7, 11) is 0. The smallest absolute Gasteiger partial charge is 0.265 e. The largest absolute Gasteiger partial charge is 0.325 e. The van der Waals surface area contributed by atoms with Crippen molar-refractivity contribution in [2.24, 2.45) is 5.73 Å². The lowest BCUT2D eigenvalue weighted by Gasteiger charge is -2.08. The van der Waals surface area contributed by atoms with Crippen molar-refractivity contribution < 1.29 is 13.6 Å². The lowest BCUT2D eigenvalue weighted by atomic mass is 10.1. The number of hydrogen-bond acceptors (Lipinski definition) is 3. The monoisotopic (exact) mass is 200 g/mol. The number of aryl methyl sites for hydroxylation is 1. The highest BCUT2D eigenvalue weighted by molar-refractivity contribution is 5.74. The van der Waals surface area contributed by atoms with Crippen molar-refractivity contribution in [3.8, 4) is 0 Å². The molecule has 0 aliphatic carbocycles. The van der Waals surface area contributed by atoms with Gasteiger partial charge in [0.15, 0.2) is 6.29 Å². The third-order valence-electron chi connectivity index (χ3n) is 1.90. The highest BCUT2D eigenvalue weighted by Crippen LogP contribution is 2.23. The Morgan fingerprint density at radius 2 is 2.29 bits per heavy atom. The maximum Gasteiger partial charge on any atom is 0.265 e. The molecular formula is C9H10F2N2O. The molecule has 0 amide bonds. The van der Waals surface area contributed by atoms with Crippen LogP contribution in [0.4, 0.5) is 8.78 Å². The van der Waals surface area contributed by atoms with E-state index >= 15 is 0 Å². The second-order valence-electron chi connectivity index (χ2n) is 2.85. The van der Waals surface area contributed by atoms with E-state index in [0.717, 1.165) is 0 Å². The Labute approximate surface area is 79.9 Å². The van der Waals surface area contributed by atoms with E-state index in [9.17, 15) is 13.6 Å². The number of aldehydes is 1. The number of hydrogen-bond donors (Lipinski definition) is 1. The van der Waals surface area contributed by atoms with Crippen LogP contribution in [-0.4, -0.2) is 11.3 Å². The average molecular weight is 200 g/mol. The first-order valence-corrected chi connectivity index (χ1v) is 4.04. The van der Waals surface area contributed by atoms with Crippen LogP contribution < -0.4 is 5.73 Å². The molecule has 0 saturated carbocycles. The van der Waals surface area contributed by atoms with Crippen LogP contribution in [0.2, 0.25) is 0 Å². The van der Waals surface area contributed by atoms with Gasteiger partial charge in [-0.1, -0.05) is 0 Å². The van der Waals surface area contributed by atoms with Gasteiger partial charge in [-0.05, 0) is 18.6 Å². The summed E-state index contributed by atoms with van der Waals surface area (Å²) in [5.41, 5.74) is 5.73. The van der Waals surface area contributed by atoms with Gasteiger partial charge in [0, 0.05) is 12.1 Å². The van der Waals surface area contributed by atoms with E-state index in [4.69, 9.17) is 5.73 Å². The third-order valence-corrected chi connectivity index (χ3v) is 1.90. The second kappa shape index (κ2) is 4.23. The Bertz CT molecular complexity index is 353. The van der Waals surface area contributed by atoms with Gasteiger partial charge in [-0.2, -0.15) is 0 Å². The van der Waals surface area contributed by atoms with Gasteiger partial charge < -0.3 is 5.73 Å². The molecule has 0 bridgehead atoms. The predicted octanol–water partition coefficient (Wildman–Crippen LogP) is 1.60. The molecule has 2 N–H and O–H groups in total. The molecule has 0 spiro atoms. The minimum atomic E-state index is -2.61. The van der Waals surface area contributed by atoms with Crippen molar-refractivity contribution in [2.45, 2.75) is 19.9 Å². The molecule has 0 aromatic carbocycles. The van der Waals surface area contributed by atoms with E-state index in [1.165, 1.54) is 6.07 Å². The summed E-state index contributed by atoms with van der Waals surface area (Å²) in [6.07, 6.45) is -2.08.